The first-order valence-electron chi connectivity index (χ1n) is 10.1. The molecule has 5 heteroatoms. The summed E-state index contributed by atoms with van der Waals surface area (Å²) in [5.41, 5.74) is 7.70. The van der Waals surface area contributed by atoms with E-state index in [4.69, 9.17) is 21.7 Å². The maximum absolute atomic E-state index is 6.83. The molecular formula is C26H21ClN4. The molecule has 0 aliphatic carbocycles. The molecule has 0 amide bonds. The predicted molar refractivity (Wildman–Crippen MR) is 127 cm³/mol. The van der Waals surface area contributed by atoms with E-state index in [0.29, 0.717) is 11.0 Å². The number of benzene rings is 3. The Balaban J connectivity index is 1.68. The van der Waals surface area contributed by atoms with Crippen LogP contribution < -0.4 is 0 Å². The molecule has 0 aliphatic heterocycles. The molecule has 3 aromatic carbocycles. The Morgan fingerprint density at radius 1 is 0.774 bits per heavy atom. The standard InChI is InChI=1S/C26H21ClN4/c1-17-13-15-21(16-14-17)31-25(27)22(18(2)30-31)26-28-23(19-9-5-3-6-10-19)24(29-26)20-11-7-4-8-12-20/h3-16H,1-2H3,(H,28,29). The van der Waals surface area contributed by atoms with E-state index < -0.39 is 0 Å². The topological polar surface area (TPSA) is 46.5 Å². The maximum atomic E-state index is 6.83. The van der Waals surface area contributed by atoms with Gasteiger partial charge in [-0.1, -0.05) is 90.0 Å². The average Bonchev–Trinajstić information content (AvgIpc) is 3.36. The number of hydrogen-bond donors (Lipinski definition) is 1. The normalized spacial score (nSPS) is 11.1. The van der Waals surface area contributed by atoms with Crippen molar-refractivity contribution in [1.29, 1.82) is 0 Å². The van der Waals surface area contributed by atoms with Crippen molar-refractivity contribution in [2.24, 2.45) is 0 Å². The third kappa shape index (κ3) is 3.56. The number of nitrogens with one attached hydrogen (secondary N) is 1. The number of rotatable bonds is 4. The SMILES string of the molecule is Cc1ccc(-n2nc(C)c(-c3nc(-c4ccccc4)c(-c4ccccc4)[nH]3)c2Cl)cc1. The van der Waals surface area contributed by atoms with E-state index in [1.54, 1.807) is 4.68 Å². The highest BCUT2D eigenvalue weighted by atomic mass is 35.5. The van der Waals surface area contributed by atoms with Crippen LogP contribution in [0.15, 0.2) is 84.9 Å². The second-order valence-corrected chi connectivity index (χ2v) is 7.90. The Labute approximate surface area is 186 Å². The molecule has 0 radical (unpaired) electrons. The van der Waals surface area contributed by atoms with Crippen molar-refractivity contribution >= 4 is 11.6 Å². The quantitative estimate of drug-likeness (QED) is 0.342. The molecular weight excluding hydrogens is 404 g/mol. The molecule has 4 nitrogen and oxygen atoms in total. The van der Waals surface area contributed by atoms with Gasteiger partial charge in [-0.25, -0.2) is 9.67 Å². The summed E-state index contributed by atoms with van der Waals surface area (Å²) in [5.74, 6) is 0.707. The zero-order chi connectivity index (χ0) is 21.4. The fourth-order valence-corrected chi connectivity index (χ4v) is 4.10. The Morgan fingerprint density at radius 3 is 2.03 bits per heavy atom. The summed E-state index contributed by atoms with van der Waals surface area (Å²) < 4.78 is 1.76. The molecule has 0 fully saturated rings. The van der Waals surface area contributed by atoms with E-state index in [0.717, 1.165) is 39.5 Å². The van der Waals surface area contributed by atoms with Gasteiger partial charge in [-0.15, -0.1) is 0 Å². The third-order valence-electron chi connectivity index (χ3n) is 5.33. The second-order valence-electron chi connectivity index (χ2n) is 7.54. The zero-order valence-electron chi connectivity index (χ0n) is 17.3. The van der Waals surface area contributed by atoms with Crippen LogP contribution in [0.5, 0.6) is 0 Å². The predicted octanol–water partition coefficient (Wildman–Crippen LogP) is 6.87. The van der Waals surface area contributed by atoms with Gasteiger partial charge in [-0.05, 0) is 26.0 Å². The lowest BCUT2D eigenvalue weighted by Gasteiger charge is -2.03. The second kappa shape index (κ2) is 7.89. The molecule has 0 saturated heterocycles. The largest absolute Gasteiger partial charge is 0.337 e. The number of halogens is 1. The zero-order valence-corrected chi connectivity index (χ0v) is 18.1. The van der Waals surface area contributed by atoms with Gasteiger partial charge in [0.1, 0.15) is 11.0 Å². The fourth-order valence-electron chi connectivity index (χ4n) is 3.74. The van der Waals surface area contributed by atoms with Crippen molar-refractivity contribution in [3.63, 3.8) is 0 Å². The summed E-state index contributed by atoms with van der Waals surface area (Å²) in [6.07, 6.45) is 0. The summed E-state index contributed by atoms with van der Waals surface area (Å²) in [7, 11) is 0. The molecule has 0 saturated carbocycles. The molecule has 5 aromatic rings. The van der Waals surface area contributed by atoms with Gasteiger partial charge in [-0.3, -0.25) is 0 Å². The van der Waals surface area contributed by atoms with E-state index >= 15 is 0 Å². The highest BCUT2D eigenvalue weighted by Crippen LogP contribution is 2.37. The first-order valence-corrected chi connectivity index (χ1v) is 10.5. The highest BCUT2D eigenvalue weighted by molar-refractivity contribution is 6.32. The molecule has 152 valence electrons. The van der Waals surface area contributed by atoms with Crippen LogP contribution in [0.25, 0.3) is 39.6 Å². The molecule has 2 heterocycles. The van der Waals surface area contributed by atoms with Crippen LogP contribution in [0.2, 0.25) is 5.15 Å². The maximum Gasteiger partial charge on any atom is 0.144 e. The molecule has 2 aromatic heterocycles. The summed E-state index contributed by atoms with van der Waals surface area (Å²) in [5, 5.41) is 5.23. The minimum atomic E-state index is 0.536. The molecule has 0 aliphatic rings. The average molecular weight is 425 g/mol. The minimum Gasteiger partial charge on any atom is -0.337 e. The molecule has 0 atom stereocenters. The first-order chi connectivity index (χ1) is 15.1. The minimum absolute atomic E-state index is 0.536. The summed E-state index contributed by atoms with van der Waals surface area (Å²) in [4.78, 5) is 8.50. The smallest absolute Gasteiger partial charge is 0.144 e. The van der Waals surface area contributed by atoms with Gasteiger partial charge in [0.15, 0.2) is 0 Å². The van der Waals surface area contributed by atoms with E-state index in [1.165, 1.54) is 5.56 Å². The van der Waals surface area contributed by atoms with Gasteiger partial charge in [0.2, 0.25) is 0 Å². The van der Waals surface area contributed by atoms with Crippen LogP contribution in [-0.4, -0.2) is 19.7 Å². The third-order valence-corrected chi connectivity index (χ3v) is 5.68. The van der Waals surface area contributed by atoms with Crippen LogP contribution in [0.4, 0.5) is 0 Å². The number of imidazole rings is 1. The number of aryl methyl sites for hydroxylation is 2. The van der Waals surface area contributed by atoms with Gasteiger partial charge in [0.25, 0.3) is 0 Å². The lowest BCUT2D eigenvalue weighted by atomic mass is 10.1. The number of H-pyrrole nitrogens is 1. The van der Waals surface area contributed by atoms with Crippen molar-refractivity contribution < 1.29 is 0 Å². The van der Waals surface area contributed by atoms with Crippen LogP contribution in [-0.2, 0) is 0 Å². The van der Waals surface area contributed by atoms with Gasteiger partial charge in [0, 0.05) is 11.1 Å². The van der Waals surface area contributed by atoms with Gasteiger partial charge in [0.05, 0.1) is 28.3 Å². The Morgan fingerprint density at radius 2 is 1.39 bits per heavy atom. The molecule has 0 unspecified atom stereocenters. The van der Waals surface area contributed by atoms with Crippen LogP contribution in [0, 0.1) is 13.8 Å². The van der Waals surface area contributed by atoms with Gasteiger partial charge >= 0.3 is 0 Å². The summed E-state index contributed by atoms with van der Waals surface area (Å²) in [6.45, 7) is 4.02. The van der Waals surface area contributed by atoms with E-state index in [9.17, 15) is 0 Å². The Bertz CT molecular complexity index is 1280. The monoisotopic (exact) mass is 424 g/mol. The number of hydrogen-bond acceptors (Lipinski definition) is 2. The number of aromatic amines is 1. The summed E-state index contributed by atoms with van der Waals surface area (Å²) in [6, 6.07) is 28.5. The number of aromatic nitrogens is 4. The van der Waals surface area contributed by atoms with Crippen molar-refractivity contribution in [2.75, 3.05) is 0 Å². The van der Waals surface area contributed by atoms with Crippen molar-refractivity contribution in [1.82, 2.24) is 19.7 Å². The fraction of sp³-hybridized carbons (Fsp3) is 0.0769. The van der Waals surface area contributed by atoms with Crippen LogP contribution in [0.3, 0.4) is 0 Å². The van der Waals surface area contributed by atoms with Crippen molar-refractivity contribution in [3.8, 4) is 39.6 Å². The van der Waals surface area contributed by atoms with Crippen molar-refractivity contribution in [3.05, 3.63) is 101 Å². The van der Waals surface area contributed by atoms with Gasteiger partial charge < -0.3 is 4.98 Å². The lowest BCUT2D eigenvalue weighted by molar-refractivity contribution is 0.863. The van der Waals surface area contributed by atoms with Crippen molar-refractivity contribution in [2.45, 2.75) is 13.8 Å². The molecule has 1 N–H and O–H groups in total. The van der Waals surface area contributed by atoms with E-state index in [1.807, 2.05) is 55.5 Å². The molecule has 0 spiro atoms. The first kappa shape index (κ1) is 19.3. The molecule has 5 rings (SSSR count). The number of nitrogens with zero attached hydrogens (tertiary/aromatic N) is 3. The Kier molecular flexibility index (Phi) is 4.92. The van der Waals surface area contributed by atoms with Gasteiger partial charge in [-0.2, -0.15) is 5.10 Å². The molecule has 0 bridgehead atoms. The van der Waals surface area contributed by atoms with E-state index in [2.05, 4.69) is 48.3 Å². The highest BCUT2D eigenvalue weighted by Gasteiger charge is 2.22. The van der Waals surface area contributed by atoms with Crippen LogP contribution in [0.1, 0.15) is 11.3 Å². The lowest BCUT2D eigenvalue weighted by Crippen LogP contribution is -1.96. The Hall–Kier alpha value is -3.63. The summed E-state index contributed by atoms with van der Waals surface area (Å²) >= 11 is 6.83. The molecule has 31 heavy (non-hydrogen) atoms. The van der Waals surface area contributed by atoms with Crippen LogP contribution >= 0.6 is 11.6 Å². The van der Waals surface area contributed by atoms with E-state index in [-0.39, 0.29) is 0 Å².